The van der Waals surface area contributed by atoms with Gasteiger partial charge in [0, 0.05) is 43.9 Å². The Morgan fingerprint density at radius 3 is 2.57 bits per heavy atom. The van der Waals surface area contributed by atoms with Gasteiger partial charge >= 0.3 is 0 Å². The minimum absolute atomic E-state index is 0.0158. The Hall–Kier alpha value is -5.39. The van der Waals surface area contributed by atoms with Crippen LogP contribution in [-0.2, 0) is 33.6 Å². The predicted molar refractivity (Wildman–Crippen MR) is 183 cm³/mol. The highest BCUT2D eigenvalue weighted by Gasteiger charge is 2.29. The van der Waals surface area contributed by atoms with E-state index in [2.05, 4.69) is 31.1 Å². The minimum atomic E-state index is -0.850. The fourth-order valence-corrected chi connectivity index (χ4v) is 5.79. The third kappa shape index (κ3) is 9.82. The predicted octanol–water partition coefficient (Wildman–Crippen LogP) is 3.45. The summed E-state index contributed by atoms with van der Waals surface area (Å²) in [5, 5.41) is 13.0. The number of carbonyl (C=O) groups is 4. The molecule has 2 aromatic carbocycles. The molecule has 0 aliphatic carbocycles. The molecule has 0 saturated carbocycles. The van der Waals surface area contributed by atoms with E-state index in [1.54, 1.807) is 12.3 Å². The van der Waals surface area contributed by atoms with E-state index < -0.39 is 18.0 Å². The van der Waals surface area contributed by atoms with Crippen molar-refractivity contribution in [3.63, 3.8) is 0 Å². The quantitative estimate of drug-likeness (QED) is 0.271. The van der Waals surface area contributed by atoms with Gasteiger partial charge in [0.1, 0.15) is 6.04 Å². The molecule has 0 unspecified atom stereocenters. The number of carbonyl (C=O) groups excluding carboxylic acids is 4. The van der Waals surface area contributed by atoms with Gasteiger partial charge in [0.15, 0.2) is 0 Å². The first kappa shape index (κ1) is 34.9. The third-order valence-corrected chi connectivity index (χ3v) is 8.46. The molecule has 0 saturated heterocycles. The SMILES string of the molecule is Cc1ccccc1-c1noc(CCC(=O)N2CC(=O)NCCCc3cncc(c3)C(=O)N[C@H](C(C)C)C(=O)N[C@H](Cc3ccccc3)C2)n1. The van der Waals surface area contributed by atoms with E-state index in [0.29, 0.717) is 43.1 Å². The zero-order chi connectivity index (χ0) is 34.8. The van der Waals surface area contributed by atoms with Crippen molar-refractivity contribution in [1.29, 1.82) is 0 Å². The molecule has 12 heteroatoms. The Kier molecular flexibility index (Phi) is 11.9. The number of pyridine rings is 1. The molecule has 4 amide bonds. The summed E-state index contributed by atoms with van der Waals surface area (Å²) in [5.41, 5.74) is 3.98. The highest BCUT2D eigenvalue weighted by Crippen LogP contribution is 2.20. The van der Waals surface area contributed by atoms with Gasteiger partial charge in [-0.25, -0.2) is 0 Å². The summed E-state index contributed by atoms with van der Waals surface area (Å²) in [6.07, 6.45) is 4.94. The number of hydrogen-bond acceptors (Lipinski definition) is 8. The van der Waals surface area contributed by atoms with Crippen LogP contribution in [0.3, 0.4) is 0 Å². The number of rotatable bonds is 7. The number of amides is 4. The average molecular weight is 666 g/mol. The maximum Gasteiger partial charge on any atom is 0.253 e. The lowest BCUT2D eigenvalue weighted by atomic mass is 10.0. The van der Waals surface area contributed by atoms with E-state index in [0.717, 1.165) is 22.3 Å². The molecule has 2 bridgehead atoms. The van der Waals surface area contributed by atoms with Crippen LogP contribution in [0.25, 0.3) is 11.4 Å². The molecule has 3 heterocycles. The van der Waals surface area contributed by atoms with Crippen LogP contribution in [0.5, 0.6) is 0 Å². The molecule has 0 fully saturated rings. The lowest BCUT2D eigenvalue weighted by Crippen LogP contribution is -2.55. The van der Waals surface area contributed by atoms with Gasteiger partial charge in [-0.05, 0) is 54.9 Å². The topological polar surface area (TPSA) is 159 Å². The molecule has 2 atom stereocenters. The molecule has 1 aliphatic rings. The molecule has 256 valence electrons. The van der Waals surface area contributed by atoms with E-state index in [9.17, 15) is 19.2 Å². The Morgan fingerprint density at radius 2 is 1.80 bits per heavy atom. The lowest BCUT2D eigenvalue weighted by Gasteiger charge is -2.30. The van der Waals surface area contributed by atoms with Crippen molar-refractivity contribution in [2.45, 2.75) is 65.0 Å². The number of aromatic nitrogens is 3. The molecule has 0 radical (unpaired) electrons. The standard InChI is InChI=1S/C37H43N7O5/c1-24(2)34-37(48)40-29(19-26-11-5-4-6-12-26)22-44(23-31(45)39-17-9-13-27-18-28(21-38-20-27)36(47)42-34)33(46)16-15-32-41-35(43-49-32)30-14-8-7-10-25(30)3/h4-8,10-12,14,18,20-21,24,29,34H,9,13,15-17,19,22-23H2,1-3H3,(H,39,45)(H,40,48)(H,42,47)/t29-,34-/m1/s1. The first-order chi connectivity index (χ1) is 23.7. The molecule has 0 spiro atoms. The van der Waals surface area contributed by atoms with Crippen LogP contribution in [-0.4, -0.2) is 75.4 Å². The van der Waals surface area contributed by atoms with Crippen molar-refractivity contribution in [2.75, 3.05) is 19.6 Å². The van der Waals surface area contributed by atoms with Crippen LogP contribution in [0, 0.1) is 12.8 Å². The summed E-state index contributed by atoms with van der Waals surface area (Å²) in [5.74, 6) is -0.877. The fourth-order valence-electron chi connectivity index (χ4n) is 5.79. The molecule has 2 aromatic heterocycles. The molecule has 4 aromatic rings. The summed E-state index contributed by atoms with van der Waals surface area (Å²) >= 11 is 0. The van der Waals surface area contributed by atoms with Gasteiger partial charge < -0.3 is 25.4 Å². The highest BCUT2D eigenvalue weighted by molar-refractivity contribution is 5.97. The Labute approximate surface area is 286 Å². The van der Waals surface area contributed by atoms with Crippen LogP contribution in [0.2, 0.25) is 0 Å². The second kappa shape index (κ2) is 16.6. The Morgan fingerprint density at radius 1 is 1.02 bits per heavy atom. The van der Waals surface area contributed by atoms with E-state index >= 15 is 0 Å². The Balaban J connectivity index is 1.38. The highest BCUT2D eigenvalue weighted by atomic mass is 16.5. The largest absolute Gasteiger partial charge is 0.355 e. The first-order valence-electron chi connectivity index (χ1n) is 16.7. The van der Waals surface area contributed by atoms with Gasteiger partial charge in [-0.1, -0.05) is 73.6 Å². The monoisotopic (exact) mass is 665 g/mol. The molecule has 3 N–H and O–H groups in total. The zero-order valence-corrected chi connectivity index (χ0v) is 28.1. The van der Waals surface area contributed by atoms with Crippen LogP contribution >= 0.6 is 0 Å². The van der Waals surface area contributed by atoms with Crippen molar-refractivity contribution in [1.82, 2.24) is 36.0 Å². The van der Waals surface area contributed by atoms with E-state index in [-0.39, 0.29) is 49.6 Å². The number of nitrogens with one attached hydrogen (secondary N) is 3. The van der Waals surface area contributed by atoms with E-state index in [1.165, 1.54) is 11.1 Å². The molecule has 12 nitrogen and oxygen atoms in total. The van der Waals surface area contributed by atoms with Gasteiger partial charge in [-0.15, -0.1) is 0 Å². The van der Waals surface area contributed by atoms with Gasteiger partial charge in [-0.3, -0.25) is 24.2 Å². The maximum absolute atomic E-state index is 13.8. The molecule has 49 heavy (non-hydrogen) atoms. The van der Waals surface area contributed by atoms with E-state index in [4.69, 9.17) is 4.52 Å². The second-order valence-electron chi connectivity index (χ2n) is 12.7. The zero-order valence-electron chi connectivity index (χ0n) is 28.1. The number of nitrogens with zero attached hydrogens (tertiary/aromatic N) is 4. The Bertz CT molecular complexity index is 1760. The number of fused-ring (bicyclic) bond motifs is 2. The summed E-state index contributed by atoms with van der Waals surface area (Å²) in [7, 11) is 0. The van der Waals surface area contributed by atoms with Crippen LogP contribution in [0.4, 0.5) is 0 Å². The van der Waals surface area contributed by atoms with Crippen LogP contribution in [0.15, 0.2) is 77.6 Å². The normalized spacial score (nSPS) is 18.0. The summed E-state index contributed by atoms with van der Waals surface area (Å²) < 4.78 is 5.47. The fraction of sp³-hybridized carbons (Fsp3) is 0.378. The molecular formula is C37H43N7O5. The van der Waals surface area contributed by atoms with Gasteiger partial charge in [0.25, 0.3) is 5.91 Å². The number of benzene rings is 2. The summed E-state index contributed by atoms with van der Waals surface area (Å²) in [6, 6.07) is 17.6. The maximum atomic E-state index is 13.8. The third-order valence-electron chi connectivity index (χ3n) is 8.46. The first-order valence-corrected chi connectivity index (χ1v) is 16.7. The lowest BCUT2D eigenvalue weighted by molar-refractivity contribution is -0.137. The molecule has 5 rings (SSSR count). The molecule has 1 aliphatic heterocycles. The van der Waals surface area contributed by atoms with Crippen LogP contribution in [0.1, 0.15) is 59.6 Å². The van der Waals surface area contributed by atoms with E-state index in [1.807, 2.05) is 75.4 Å². The van der Waals surface area contributed by atoms with Crippen molar-refractivity contribution in [3.05, 3.63) is 101 Å². The summed E-state index contributed by atoms with van der Waals surface area (Å²) in [4.78, 5) is 64.3. The van der Waals surface area contributed by atoms with Gasteiger partial charge in [0.2, 0.25) is 29.4 Å². The van der Waals surface area contributed by atoms with Crippen molar-refractivity contribution in [2.24, 2.45) is 5.92 Å². The number of hydrogen-bond donors (Lipinski definition) is 3. The van der Waals surface area contributed by atoms with Gasteiger partial charge in [-0.2, -0.15) is 4.98 Å². The van der Waals surface area contributed by atoms with Crippen molar-refractivity contribution < 1.29 is 23.7 Å². The minimum Gasteiger partial charge on any atom is -0.355 e. The number of aryl methyl sites for hydroxylation is 3. The van der Waals surface area contributed by atoms with Crippen LogP contribution < -0.4 is 16.0 Å². The second-order valence-corrected chi connectivity index (χ2v) is 12.7. The smallest absolute Gasteiger partial charge is 0.253 e. The average Bonchev–Trinajstić information content (AvgIpc) is 3.56. The van der Waals surface area contributed by atoms with Crippen molar-refractivity contribution in [3.8, 4) is 11.4 Å². The molecular weight excluding hydrogens is 622 g/mol. The van der Waals surface area contributed by atoms with Crippen molar-refractivity contribution >= 4 is 23.6 Å². The summed E-state index contributed by atoms with van der Waals surface area (Å²) in [6.45, 7) is 5.92. The van der Waals surface area contributed by atoms with Gasteiger partial charge in [0.05, 0.1) is 18.2 Å².